The van der Waals surface area contributed by atoms with Crippen LogP contribution in [0.1, 0.15) is 6.92 Å². The van der Waals surface area contributed by atoms with Crippen LogP contribution in [-0.2, 0) is 0 Å². The van der Waals surface area contributed by atoms with Gasteiger partial charge in [0.15, 0.2) is 0 Å². The Kier molecular flexibility index (Phi) is 3.56. The second-order valence-corrected chi connectivity index (χ2v) is 5.18. The summed E-state index contributed by atoms with van der Waals surface area (Å²) in [5.41, 5.74) is 2.30. The molecule has 0 spiro atoms. The second kappa shape index (κ2) is 5.40. The number of H-pyrrole nitrogens is 1. The SMILES string of the molecule is CCN(C)c1c(-c2ccc(F)cc2)[nH]c2c(F)cc(F)cc12. The molecule has 5 heteroatoms. The molecule has 1 heterocycles. The number of benzene rings is 2. The lowest BCUT2D eigenvalue weighted by atomic mass is 10.1. The standard InChI is InChI=1S/C17H15F3N2/c1-3-22(2)17-13-8-12(19)9-14(20)16(13)21-15(17)10-4-6-11(18)7-5-10/h4-9,21H,3H2,1-2H3. The van der Waals surface area contributed by atoms with Gasteiger partial charge in [0.1, 0.15) is 17.5 Å². The quantitative estimate of drug-likeness (QED) is 0.742. The van der Waals surface area contributed by atoms with Gasteiger partial charge in [0.2, 0.25) is 0 Å². The highest BCUT2D eigenvalue weighted by atomic mass is 19.1. The minimum absolute atomic E-state index is 0.246. The van der Waals surface area contributed by atoms with Crippen LogP contribution in [0.5, 0.6) is 0 Å². The zero-order chi connectivity index (χ0) is 15.9. The number of halogens is 3. The summed E-state index contributed by atoms with van der Waals surface area (Å²) in [5.74, 6) is -1.61. The molecule has 0 amide bonds. The van der Waals surface area contributed by atoms with Crippen molar-refractivity contribution >= 4 is 16.6 Å². The van der Waals surface area contributed by atoms with E-state index < -0.39 is 11.6 Å². The van der Waals surface area contributed by atoms with Crippen LogP contribution in [0.15, 0.2) is 36.4 Å². The van der Waals surface area contributed by atoms with Crippen molar-refractivity contribution in [1.29, 1.82) is 0 Å². The van der Waals surface area contributed by atoms with Crippen LogP contribution >= 0.6 is 0 Å². The van der Waals surface area contributed by atoms with Crippen molar-refractivity contribution in [3.8, 4) is 11.3 Å². The zero-order valence-corrected chi connectivity index (χ0v) is 12.3. The maximum Gasteiger partial charge on any atom is 0.150 e. The Morgan fingerprint density at radius 2 is 1.68 bits per heavy atom. The summed E-state index contributed by atoms with van der Waals surface area (Å²) in [4.78, 5) is 4.90. The van der Waals surface area contributed by atoms with Crippen LogP contribution in [0.3, 0.4) is 0 Å². The number of hydrogen-bond acceptors (Lipinski definition) is 1. The van der Waals surface area contributed by atoms with E-state index in [1.54, 1.807) is 12.1 Å². The highest BCUT2D eigenvalue weighted by Crippen LogP contribution is 2.38. The first-order valence-electron chi connectivity index (χ1n) is 6.99. The number of aromatic amines is 1. The molecule has 0 radical (unpaired) electrons. The van der Waals surface area contributed by atoms with Crippen molar-refractivity contribution in [2.24, 2.45) is 0 Å². The largest absolute Gasteiger partial charge is 0.373 e. The molecule has 114 valence electrons. The Morgan fingerprint density at radius 3 is 2.32 bits per heavy atom. The third-order valence-electron chi connectivity index (χ3n) is 3.79. The molecular weight excluding hydrogens is 289 g/mol. The first-order valence-corrected chi connectivity index (χ1v) is 6.99. The van der Waals surface area contributed by atoms with Crippen molar-refractivity contribution in [2.45, 2.75) is 6.92 Å². The molecule has 2 aromatic carbocycles. The summed E-state index contributed by atoms with van der Waals surface area (Å²) in [5, 5.41) is 0.473. The maximum absolute atomic E-state index is 14.0. The smallest absolute Gasteiger partial charge is 0.150 e. The van der Waals surface area contributed by atoms with E-state index in [-0.39, 0.29) is 11.3 Å². The van der Waals surface area contributed by atoms with E-state index in [0.717, 1.165) is 6.07 Å². The van der Waals surface area contributed by atoms with Gasteiger partial charge in [-0.15, -0.1) is 0 Å². The second-order valence-electron chi connectivity index (χ2n) is 5.18. The fourth-order valence-electron chi connectivity index (χ4n) is 2.59. The number of aromatic nitrogens is 1. The van der Waals surface area contributed by atoms with Gasteiger partial charge < -0.3 is 9.88 Å². The van der Waals surface area contributed by atoms with Gasteiger partial charge in [-0.3, -0.25) is 0 Å². The molecule has 1 N–H and O–H groups in total. The molecular formula is C17H15F3N2. The highest BCUT2D eigenvalue weighted by Gasteiger charge is 2.19. The number of nitrogens with one attached hydrogen (secondary N) is 1. The monoisotopic (exact) mass is 304 g/mol. The predicted octanol–water partition coefficient (Wildman–Crippen LogP) is 4.71. The molecule has 3 rings (SSSR count). The molecule has 2 nitrogen and oxygen atoms in total. The van der Waals surface area contributed by atoms with Gasteiger partial charge in [0, 0.05) is 30.6 Å². The summed E-state index contributed by atoms with van der Waals surface area (Å²) in [6, 6.07) is 8.07. The molecule has 0 bridgehead atoms. The summed E-state index contributed by atoms with van der Waals surface area (Å²) >= 11 is 0. The number of hydrogen-bond donors (Lipinski definition) is 1. The van der Waals surface area contributed by atoms with E-state index in [0.29, 0.717) is 28.9 Å². The number of fused-ring (bicyclic) bond motifs is 1. The van der Waals surface area contributed by atoms with Crippen molar-refractivity contribution in [2.75, 3.05) is 18.5 Å². The van der Waals surface area contributed by atoms with Gasteiger partial charge in [0.05, 0.1) is 16.9 Å². The topological polar surface area (TPSA) is 19.0 Å². The number of nitrogens with zero attached hydrogens (tertiary/aromatic N) is 1. The van der Waals surface area contributed by atoms with Crippen LogP contribution in [0.2, 0.25) is 0 Å². The molecule has 0 saturated heterocycles. The van der Waals surface area contributed by atoms with Crippen molar-refractivity contribution in [3.05, 3.63) is 53.8 Å². The summed E-state index contributed by atoms with van der Waals surface area (Å²) in [6.45, 7) is 2.61. The van der Waals surface area contributed by atoms with E-state index in [4.69, 9.17) is 0 Å². The van der Waals surface area contributed by atoms with Crippen molar-refractivity contribution in [3.63, 3.8) is 0 Å². The van der Waals surface area contributed by atoms with Gasteiger partial charge >= 0.3 is 0 Å². The average Bonchev–Trinajstić information content (AvgIpc) is 2.87. The van der Waals surface area contributed by atoms with Crippen LogP contribution < -0.4 is 4.90 Å². The third-order valence-corrected chi connectivity index (χ3v) is 3.79. The van der Waals surface area contributed by atoms with E-state index >= 15 is 0 Å². The summed E-state index contributed by atoms with van der Waals surface area (Å²) < 4.78 is 40.7. The first kappa shape index (κ1) is 14.5. The van der Waals surface area contributed by atoms with Gasteiger partial charge in [-0.25, -0.2) is 13.2 Å². The van der Waals surface area contributed by atoms with E-state index in [9.17, 15) is 13.2 Å². The van der Waals surface area contributed by atoms with Crippen LogP contribution in [0.4, 0.5) is 18.9 Å². The Bertz CT molecular complexity index is 822. The van der Waals surface area contributed by atoms with E-state index in [2.05, 4.69) is 4.98 Å². The summed E-state index contributed by atoms with van der Waals surface area (Å²) in [7, 11) is 1.85. The molecule has 3 aromatic rings. The lowest BCUT2D eigenvalue weighted by Crippen LogP contribution is -2.16. The minimum atomic E-state index is -0.644. The van der Waals surface area contributed by atoms with Gasteiger partial charge in [-0.1, -0.05) is 0 Å². The maximum atomic E-state index is 14.0. The minimum Gasteiger partial charge on any atom is -0.373 e. The molecule has 0 atom stereocenters. The molecule has 1 aromatic heterocycles. The lowest BCUT2D eigenvalue weighted by molar-refractivity contribution is 0.591. The zero-order valence-electron chi connectivity index (χ0n) is 12.3. The van der Waals surface area contributed by atoms with Gasteiger partial charge in [-0.2, -0.15) is 0 Å². The Hall–Kier alpha value is -2.43. The van der Waals surface area contributed by atoms with E-state index in [1.165, 1.54) is 18.2 Å². The van der Waals surface area contributed by atoms with Crippen molar-refractivity contribution < 1.29 is 13.2 Å². The van der Waals surface area contributed by atoms with Gasteiger partial charge in [0.25, 0.3) is 0 Å². The average molecular weight is 304 g/mol. The lowest BCUT2D eigenvalue weighted by Gasteiger charge is -2.18. The first-order chi connectivity index (χ1) is 10.5. The Morgan fingerprint density at radius 1 is 1.00 bits per heavy atom. The Labute approximate surface area is 126 Å². The molecule has 0 fully saturated rings. The fraction of sp³-hybridized carbons (Fsp3) is 0.176. The molecule has 0 aliphatic carbocycles. The van der Waals surface area contributed by atoms with Gasteiger partial charge in [-0.05, 0) is 37.3 Å². The molecule has 0 aliphatic heterocycles. The normalized spacial score (nSPS) is 11.1. The predicted molar refractivity (Wildman–Crippen MR) is 82.6 cm³/mol. The third kappa shape index (κ3) is 2.32. The summed E-state index contributed by atoms with van der Waals surface area (Å²) in [6.07, 6.45) is 0. The molecule has 0 saturated carbocycles. The highest BCUT2D eigenvalue weighted by molar-refractivity contribution is 6.01. The van der Waals surface area contributed by atoms with Crippen LogP contribution in [-0.4, -0.2) is 18.6 Å². The van der Waals surface area contributed by atoms with Crippen LogP contribution in [0.25, 0.3) is 22.2 Å². The number of anilines is 1. The van der Waals surface area contributed by atoms with Crippen LogP contribution in [0, 0.1) is 17.5 Å². The molecule has 22 heavy (non-hydrogen) atoms. The molecule has 0 aliphatic rings. The van der Waals surface area contributed by atoms with Crippen molar-refractivity contribution in [1.82, 2.24) is 4.98 Å². The fourth-order valence-corrected chi connectivity index (χ4v) is 2.59. The Balaban J connectivity index is 2.33. The number of rotatable bonds is 3. The van der Waals surface area contributed by atoms with E-state index in [1.807, 2.05) is 18.9 Å². The molecule has 0 unspecified atom stereocenters.